The number of amides is 3. The fourth-order valence-corrected chi connectivity index (χ4v) is 4.10. The number of ether oxygens (including phenoxy) is 1. The van der Waals surface area contributed by atoms with Crippen LogP contribution < -0.4 is 0 Å². The van der Waals surface area contributed by atoms with E-state index in [0.29, 0.717) is 19.4 Å². The predicted molar refractivity (Wildman–Crippen MR) is 105 cm³/mol. The summed E-state index contributed by atoms with van der Waals surface area (Å²) >= 11 is 0. The number of benzene rings is 1. The molecule has 2 aliphatic heterocycles. The smallest absolute Gasteiger partial charge is 0.410 e. The Kier molecular flexibility index (Phi) is 6.85. The Morgan fingerprint density at radius 2 is 1.89 bits per heavy atom. The van der Waals surface area contributed by atoms with Crippen LogP contribution in [0.5, 0.6) is 0 Å². The molecule has 2 atom stereocenters. The first-order valence-electron chi connectivity index (χ1n) is 10.0. The number of hydrogen-bond acceptors (Lipinski definition) is 4. The van der Waals surface area contributed by atoms with Crippen LogP contribution in [0.25, 0.3) is 0 Å². The SMILES string of the molecule is C=CC[C@@H](C[C@H]1CCCCN1C(=O)OCc1ccccc1)N1C(=O)CCC1=O. The molecule has 0 saturated carbocycles. The molecule has 2 fully saturated rings. The molecule has 6 heteroatoms. The molecule has 0 aliphatic carbocycles. The molecule has 2 heterocycles. The molecule has 3 rings (SSSR count). The van der Waals surface area contributed by atoms with Crippen molar-refractivity contribution in [3.05, 3.63) is 48.6 Å². The summed E-state index contributed by atoms with van der Waals surface area (Å²) in [5.74, 6) is -0.239. The van der Waals surface area contributed by atoms with Gasteiger partial charge in [0, 0.05) is 31.5 Å². The van der Waals surface area contributed by atoms with Gasteiger partial charge in [0.25, 0.3) is 0 Å². The fourth-order valence-electron chi connectivity index (χ4n) is 4.10. The number of hydrogen-bond donors (Lipinski definition) is 0. The lowest BCUT2D eigenvalue weighted by Crippen LogP contribution is -2.49. The van der Waals surface area contributed by atoms with Gasteiger partial charge in [0.1, 0.15) is 6.61 Å². The Hall–Kier alpha value is -2.63. The van der Waals surface area contributed by atoms with Gasteiger partial charge in [-0.3, -0.25) is 14.5 Å². The highest BCUT2D eigenvalue weighted by atomic mass is 16.6. The maximum absolute atomic E-state index is 12.7. The number of imide groups is 1. The zero-order chi connectivity index (χ0) is 19.9. The van der Waals surface area contributed by atoms with Gasteiger partial charge in [0.05, 0.1) is 0 Å². The molecule has 0 N–H and O–H groups in total. The van der Waals surface area contributed by atoms with E-state index in [-0.39, 0.29) is 49.4 Å². The lowest BCUT2D eigenvalue weighted by Gasteiger charge is -2.38. The maximum atomic E-state index is 12.7. The van der Waals surface area contributed by atoms with E-state index in [4.69, 9.17) is 4.74 Å². The summed E-state index contributed by atoms with van der Waals surface area (Å²) < 4.78 is 5.53. The Bertz CT molecular complexity index is 703. The van der Waals surface area contributed by atoms with Crippen molar-refractivity contribution in [1.82, 2.24) is 9.80 Å². The quantitative estimate of drug-likeness (QED) is 0.531. The molecule has 6 nitrogen and oxygen atoms in total. The van der Waals surface area contributed by atoms with E-state index in [0.717, 1.165) is 24.8 Å². The van der Waals surface area contributed by atoms with Gasteiger partial charge < -0.3 is 9.64 Å². The van der Waals surface area contributed by atoms with Crippen molar-refractivity contribution >= 4 is 17.9 Å². The monoisotopic (exact) mass is 384 g/mol. The first-order chi connectivity index (χ1) is 13.6. The summed E-state index contributed by atoms with van der Waals surface area (Å²) in [6.07, 6.45) is 5.89. The lowest BCUT2D eigenvalue weighted by atomic mass is 9.94. The molecule has 2 saturated heterocycles. The van der Waals surface area contributed by atoms with Gasteiger partial charge in [-0.1, -0.05) is 36.4 Å². The molecular weight excluding hydrogens is 356 g/mol. The summed E-state index contributed by atoms with van der Waals surface area (Å²) in [7, 11) is 0. The third-order valence-corrected chi connectivity index (χ3v) is 5.50. The molecule has 1 aromatic carbocycles. The number of likely N-dealkylation sites (tertiary alicyclic amines) is 2. The third kappa shape index (κ3) is 4.80. The van der Waals surface area contributed by atoms with Gasteiger partial charge in [-0.15, -0.1) is 6.58 Å². The molecule has 150 valence electrons. The van der Waals surface area contributed by atoms with E-state index in [1.807, 2.05) is 30.3 Å². The van der Waals surface area contributed by atoms with Crippen LogP contribution >= 0.6 is 0 Å². The van der Waals surface area contributed by atoms with Crippen LogP contribution in [0.4, 0.5) is 4.79 Å². The number of carbonyl (C=O) groups excluding carboxylic acids is 3. The predicted octanol–water partition coefficient (Wildman–Crippen LogP) is 3.66. The number of carbonyl (C=O) groups is 3. The molecular formula is C22H28N2O4. The van der Waals surface area contributed by atoms with Crippen LogP contribution in [-0.2, 0) is 20.9 Å². The van der Waals surface area contributed by atoms with Crippen molar-refractivity contribution in [2.24, 2.45) is 0 Å². The molecule has 0 spiro atoms. The molecule has 28 heavy (non-hydrogen) atoms. The van der Waals surface area contributed by atoms with Gasteiger partial charge in [0.15, 0.2) is 0 Å². The first-order valence-corrected chi connectivity index (χ1v) is 10.0. The molecule has 0 radical (unpaired) electrons. The highest BCUT2D eigenvalue weighted by molar-refractivity contribution is 6.02. The number of nitrogens with zero attached hydrogens (tertiary/aromatic N) is 2. The van der Waals surface area contributed by atoms with Gasteiger partial charge in [-0.2, -0.15) is 0 Å². The third-order valence-electron chi connectivity index (χ3n) is 5.50. The summed E-state index contributed by atoms with van der Waals surface area (Å²) in [5.41, 5.74) is 0.946. The molecule has 2 aliphatic rings. The molecule has 0 aromatic heterocycles. The van der Waals surface area contributed by atoms with Crippen molar-refractivity contribution in [2.75, 3.05) is 6.54 Å². The Morgan fingerprint density at radius 3 is 2.57 bits per heavy atom. The van der Waals surface area contributed by atoms with Crippen LogP contribution in [0, 0.1) is 0 Å². The second-order valence-corrected chi connectivity index (χ2v) is 7.45. The van der Waals surface area contributed by atoms with Crippen molar-refractivity contribution in [2.45, 2.75) is 63.6 Å². The highest BCUT2D eigenvalue weighted by Crippen LogP contribution is 2.27. The Labute approximate surface area is 166 Å². The minimum atomic E-state index is -0.329. The lowest BCUT2D eigenvalue weighted by molar-refractivity contribution is -0.141. The fraction of sp³-hybridized carbons (Fsp3) is 0.500. The minimum Gasteiger partial charge on any atom is -0.445 e. The second kappa shape index (κ2) is 9.53. The van der Waals surface area contributed by atoms with E-state index in [9.17, 15) is 14.4 Å². The average molecular weight is 384 g/mol. The van der Waals surface area contributed by atoms with Crippen LogP contribution in [0.15, 0.2) is 43.0 Å². The summed E-state index contributed by atoms with van der Waals surface area (Å²) in [5, 5.41) is 0. The largest absolute Gasteiger partial charge is 0.445 e. The van der Waals surface area contributed by atoms with Gasteiger partial charge in [-0.25, -0.2) is 4.79 Å². The Morgan fingerprint density at radius 1 is 1.18 bits per heavy atom. The first kappa shape index (κ1) is 20.1. The van der Waals surface area contributed by atoms with Crippen molar-refractivity contribution in [1.29, 1.82) is 0 Å². The van der Waals surface area contributed by atoms with Crippen LogP contribution in [0.2, 0.25) is 0 Å². The molecule has 0 unspecified atom stereocenters. The highest BCUT2D eigenvalue weighted by Gasteiger charge is 2.38. The van der Waals surface area contributed by atoms with Crippen molar-refractivity contribution in [3.8, 4) is 0 Å². The number of rotatable bonds is 7. The van der Waals surface area contributed by atoms with Gasteiger partial charge in [0.2, 0.25) is 11.8 Å². The second-order valence-electron chi connectivity index (χ2n) is 7.45. The van der Waals surface area contributed by atoms with Crippen LogP contribution in [0.3, 0.4) is 0 Å². The molecule has 1 aromatic rings. The van der Waals surface area contributed by atoms with Crippen molar-refractivity contribution < 1.29 is 19.1 Å². The van der Waals surface area contributed by atoms with E-state index < -0.39 is 0 Å². The van der Waals surface area contributed by atoms with Crippen LogP contribution in [-0.4, -0.2) is 46.3 Å². The van der Waals surface area contributed by atoms with E-state index in [2.05, 4.69) is 6.58 Å². The molecule has 0 bridgehead atoms. The van der Waals surface area contributed by atoms with E-state index in [1.54, 1.807) is 11.0 Å². The standard InChI is InChI=1S/C22H28N2O4/c1-2-8-19(24-20(25)12-13-21(24)26)15-18-11-6-7-14-23(18)22(27)28-16-17-9-4-3-5-10-17/h2-5,9-10,18-19H,1,6-8,11-16H2/t18-,19+/m1/s1. The number of piperidine rings is 1. The normalized spacial score (nSPS) is 20.9. The van der Waals surface area contributed by atoms with Gasteiger partial charge in [-0.05, 0) is 37.7 Å². The topological polar surface area (TPSA) is 66.9 Å². The van der Waals surface area contributed by atoms with E-state index in [1.165, 1.54) is 4.90 Å². The minimum absolute atomic E-state index is 0.0387. The summed E-state index contributed by atoms with van der Waals surface area (Å²) in [6.45, 7) is 4.66. The Balaban J connectivity index is 1.65. The van der Waals surface area contributed by atoms with Crippen molar-refractivity contribution in [3.63, 3.8) is 0 Å². The zero-order valence-corrected chi connectivity index (χ0v) is 16.2. The van der Waals surface area contributed by atoms with E-state index >= 15 is 0 Å². The summed E-state index contributed by atoms with van der Waals surface area (Å²) in [6, 6.07) is 9.31. The molecule has 3 amide bonds. The van der Waals surface area contributed by atoms with Crippen LogP contribution in [0.1, 0.15) is 50.5 Å². The summed E-state index contributed by atoms with van der Waals surface area (Å²) in [4.78, 5) is 40.2. The zero-order valence-electron chi connectivity index (χ0n) is 16.2. The van der Waals surface area contributed by atoms with Gasteiger partial charge >= 0.3 is 6.09 Å². The average Bonchev–Trinajstić information content (AvgIpc) is 3.05. The maximum Gasteiger partial charge on any atom is 0.410 e.